The quantitative estimate of drug-likeness (QED) is 0.782. The molecule has 0 saturated carbocycles. The van der Waals surface area contributed by atoms with Crippen molar-refractivity contribution in [3.8, 4) is 5.75 Å². The van der Waals surface area contributed by atoms with E-state index in [0.29, 0.717) is 12.1 Å². The second-order valence-electron chi connectivity index (χ2n) is 5.88. The Bertz CT molecular complexity index is 889. The summed E-state index contributed by atoms with van der Waals surface area (Å²) in [6.07, 6.45) is 1.31. The normalized spacial score (nSPS) is 16.3. The highest BCUT2D eigenvalue weighted by atomic mass is 16.5. The molecule has 25 heavy (non-hydrogen) atoms. The first-order chi connectivity index (χ1) is 12.3. The molecule has 0 bridgehead atoms. The summed E-state index contributed by atoms with van der Waals surface area (Å²) in [7, 11) is 1.63. The zero-order chi connectivity index (χ0) is 17.2. The standard InChI is InChI=1S/C20H18N2O3/c1-24-15-7-4-6-14(12-15)19-21-18-10-3-2-9-17(18)20(23)22(19)13-16-8-5-11-25-16/h2-12,19,21H,13H2,1H3/t19-/m0/s1. The first-order valence-corrected chi connectivity index (χ1v) is 8.09. The van der Waals surface area contributed by atoms with Crippen LogP contribution in [0.2, 0.25) is 0 Å². The number of nitrogens with zero attached hydrogens (tertiary/aromatic N) is 1. The van der Waals surface area contributed by atoms with E-state index in [1.54, 1.807) is 18.3 Å². The maximum absolute atomic E-state index is 13.1. The number of methoxy groups -OCH3 is 1. The number of para-hydroxylation sites is 1. The van der Waals surface area contributed by atoms with E-state index in [9.17, 15) is 4.79 Å². The number of hydrogen-bond acceptors (Lipinski definition) is 4. The summed E-state index contributed by atoms with van der Waals surface area (Å²) in [5, 5.41) is 3.47. The first kappa shape index (κ1) is 15.3. The van der Waals surface area contributed by atoms with Crippen molar-refractivity contribution < 1.29 is 13.9 Å². The van der Waals surface area contributed by atoms with Gasteiger partial charge < -0.3 is 19.4 Å². The Kier molecular flexibility index (Phi) is 3.90. The molecule has 0 unspecified atom stereocenters. The monoisotopic (exact) mass is 334 g/mol. The van der Waals surface area contributed by atoms with E-state index in [-0.39, 0.29) is 12.1 Å². The van der Waals surface area contributed by atoms with E-state index < -0.39 is 0 Å². The molecule has 1 N–H and O–H groups in total. The van der Waals surface area contributed by atoms with Gasteiger partial charge in [0, 0.05) is 5.69 Å². The fourth-order valence-electron chi connectivity index (χ4n) is 3.10. The predicted octanol–water partition coefficient (Wildman–Crippen LogP) is 4.05. The second kappa shape index (κ2) is 6.36. The highest BCUT2D eigenvalue weighted by Crippen LogP contribution is 2.35. The maximum atomic E-state index is 13.1. The zero-order valence-electron chi connectivity index (χ0n) is 13.8. The van der Waals surface area contributed by atoms with Gasteiger partial charge in [0.25, 0.3) is 5.91 Å². The molecule has 1 aromatic heterocycles. The Morgan fingerprint density at radius 1 is 1.12 bits per heavy atom. The lowest BCUT2D eigenvalue weighted by Crippen LogP contribution is -2.42. The van der Waals surface area contributed by atoms with Crippen molar-refractivity contribution in [1.29, 1.82) is 0 Å². The molecule has 1 aliphatic rings. The second-order valence-corrected chi connectivity index (χ2v) is 5.88. The molecule has 3 aromatic rings. The van der Waals surface area contributed by atoms with Crippen molar-refractivity contribution in [3.05, 3.63) is 83.8 Å². The van der Waals surface area contributed by atoms with E-state index in [2.05, 4.69) is 5.32 Å². The topological polar surface area (TPSA) is 54.7 Å². The molecule has 4 rings (SSSR count). The molecule has 1 atom stereocenters. The zero-order valence-corrected chi connectivity index (χ0v) is 13.8. The number of ether oxygens (including phenoxy) is 1. The van der Waals surface area contributed by atoms with Crippen LogP contribution >= 0.6 is 0 Å². The first-order valence-electron chi connectivity index (χ1n) is 8.09. The molecule has 126 valence electrons. The van der Waals surface area contributed by atoms with Crippen LogP contribution in [0.3, 0.4) is 0 Å². The van der Waals surface area contributed by atoms with Crippen molar-refractivity contribution >= 4 is 11.6 Å². The summed E-state index contributed by atoms with van der Waals surface area (Å²) < 4.78 is 10.8. The Morgan fingerprint density at radius 3 is 2.80 bits per heavy atom. The summed E-state index contributed by atoms with van der Waals surface area (Å²) in [6.45, 7) is 0.384. The lowest BCUT2D eigenvalue weighted by atomic mass is 10.0. The van der Waals surface area contributed by atoms with Crippen LogP contribution in [0.25, 0.3) is 0 Å². The van der Waals surface area contributed by atoms with Crippen LogP contribution in [0.5, 0.6) is 5.75 Å². The van der Waals surface area contributed by atoms with Gasteiger partial charge in [-0.1, -0.05) is 24.3 Å². The smallest absolute Gasteiger partial charge is 0.258 e. The van der Waals surface area contributed by atoms with Gasteiger partial charge in [-0.05, 0) is 42.0 Å². The summed E-state index contributed by atoms with van der Waals surface area (Å²) in [5.41, 5.74) is 2.44. The molecule has 0 aliphatic carbocycles. The van der Waals surface area contributed by atoms with Crippen molar-refractivity contribution in [2.45, 2.75) is 12.7 Å². The molecular formula is C20H18N2O3. The van der Waals surface area contributed by atoms with E-state index >= 15 is 0 Å². The van der Waals surface area contributed by atoms with Gasteiger partial charge in [-0.15, -0.1) is 0 Å². The lowest BCUT2D eigenvalue weighted by molar-refractivity contribution is 0.0651. The fraction of sp³-hybridized carbons (Fsp3) is 0.150. The number of fused-ring (bicyclic) bond motifs is 1. The highest BCUT2D eigenvalue weighted by molar-refractivity contribution is 6.01. The number of anilines is 1. The molecule has 0 saturated heterocycles. The minimum atomic E-state index is -0.303. The van der Waals surface area contributed by atoms with Crippen LogP contribution in [0.4, 0.5) is 5.69 Å². The number of carbonyl (C=O) groups is 1. The largest absolute Gasteiger partial charge is 0.497 e. The van der Waals surface area contributed by atoms with Crippen LogP contribution < -0.4 is 10.1 Å². The number of rotatable bonds is 4. The van der Waals surface area contributed by atoms with E-state index in [0.717, 1.165) is 22.8 Å². The number of hydrogen-bond donors (Lipinski definition) is 1. The summed E-state index contributed by atoms with van der Waals surface area (Å²) in [4.78, 5) is 14.9. The van der Waals surface area contributed by atoms with Crippen LogP contribution in [-0.2, 0) is 6.54 Å². The number of nitrogens with one attached hydrogen (secondary N) is 1. The van der Waals surface area contributed by atoms with Gasteiger partial charge in [0.15, 0.2) is 0 Å². The average molecular weight is 334 g/mol. The van der Waals surface area contributed by atoms with Crippen molar-refractivity contribution in [2.75, 3.05) is 12.4 Å². The van der Waals surface area contributed by atoms with Crippen LogP contribution in [0, 0.1) is 0 Å². The van der Waals surface area contributed by atoms with Gasteiger partial charge >= 0.3 is 0 Å². The van der Waals surface area contributed by atoms with Gasteiger partial charge in [0.1, 0.15) is 17.7 Å². The summed E-state index contributed by atoms with van der Waals surface area (Å²) in [5.74, 6) is 1.46. The Hall–Kier alpha value is -3.21. The van der Waals surface area contributed by atoms with Crippen LogP contribution in [0.1, 0.15) is 27.8 Å². The van der Waals surface area contributed by atoms with Crippen molar-refractivity contribution in [1.82, 2.24) is 4.90 Å². The van der Waals surface area contributed by atoms with E-state index in [1.807, 2.05) is 60.7 Å². The minimum absolute atomic E-state index is 0.0291. The SMILES string of the molecule is COc1cccc([C@H]2Nc3ccccc3C(=O)N2Cc2ccco2)c1. The van der Waals surface area contributed by atoms with Crippen LogP contribution in [0.15, 0.2) is 71.3 Å². The number of furan rings is 1. The van der Waals surface area contributed by atoms with Gasteiger partial charge in [0.2, 0.25) is 0 Å². The molecule has 0 spiro atoms. The third kappa shape index (κ3) is 2.85. The molecule has 0 fully saturated rings. The molecule has 2 aromatic carbocycles. The van der Waals surface area contributed by atoms with Crippen LogP contribution in [-0.4, -0.2) is 17.9 Å². The van der Waals surface area contributed by atoms with E-state index in [1.165, 1.54) is 0 Å². The summed E-state index contributed by atoms with van der Waals surface area (Å²) in [6, 6.07) is 19.0. The van der Waals surface area contributed by atoms with Gasteiger partial charge in [0.05, 0.1) is 25.5 Å². The van der Waals surface area contributed by atoms with Gasteiger partial charge in [-0.3, -0.25) is 4.79 Å². The van der Waals surface area contributed by atoms with Gasteiger partial charge in [-0.2, -0.15) is 0 Å². The number of benzene rings is 2. The maximum Gasteiger partial charge on any atom is 0.258 e. The average Bonchev–Trinajstić information content (AvgIpc) is 3.17. The molecule has 1 aliphatic heterocycles. The molecule has 1 amide bonds. The third-order valence-electron chi connectivity index (χ3n) is 4.34. The number of amides is 1. The summed E-state index contributed by atoms with van der Waals surface area (Å²) >= 11 is 0. The fourth-order valence-corrected chi connectivity index (χ4v) is 3.10. The van der Waals surface area contributed by atoms with Gasteiger partial charge in [-0.25, -0.2) is 0 Å². The molecule has 0 radical (unpaired) electrons. The lowest BCUT2D eigenvalue weighted by Gasteiger charge is -2.37. The Balaban J connectivity index is 1.77. The molecule has 5 heteroatoms. The Labute approximate surface area is 145 Å². The van der Waals surface area contributed by atoms with Crippen molar-refractivity contribution in [2.24, 2.45) is 0 Å². The Morgan fingerprint density at radius 2 is 2.00 bits per heavy atom. The third-order valence-corrected chi connectivity index (χ3v) is 4.34. The number of carbonyl (C=O) groups excluding carboxylic acids is 1. The predicted molar refractivity (Wildman–Crippen MR) is 94.4 cm³/mol. The molecule has 2 heterocycles. The molecule has 5 nitrogen and oxygen atoms in total. The van der Waals surface area contributed by atoms with E-state index in [4.69, 9.17) is 9.15 Å². The van der Waals surface area contributed by atoms with Crippen molar-refractivity contribution in [3.63, 3.8) is 0 Å². The minimum Gasteiger partial charge on any atom is -0.497 e. The molecular weight excluding hydrogens is 316 g/mol. The highest BCUT2D eigenvalue weighted by Gasteiger charge is 2.33.